The Morgan fingerprint density at radius 1 is 1.36 bits per heavy atom. The van der Waals surface area contributed by atoms with E-state index in [0.29, 0.717) is 4.47 Å². The molecule has 1 aromatic carbocycles. The first-order chi connectivity index (χ1) is 6.32. The third-order valence-corrected chi connectivity index (χ3v) is 6.41. The predicted octanol–water partition coefficient (Wildman–Crippen LogP) is 2.90. The second-order valence-electron chi connectivity index (χ2n) is 3.91. The fraction of sp³-hybridized carbons (Fsp3) is 0.333. The van der Waals surface area contributed by atoms with E-state index in [4.69, 9.17) is 0 Å². The maximum atomic E-state index is 10.7. The van der Waals surface area contributed by atoms with Gasteiger partial charge < -0.3 is 0 Å². The Kier molecular flexibility index (Phi) is 3.38. The molecular formula is C9H12AsBrNO2. The van der Waals surface area contributed by atoms with Crippen LogP contribution in [0.1, 0.15) is 0 Å². The van der Waals surface area contributed by atoms with E-state index in [1.807, 2.05) is 6.07 Å². The van der Waals surface area contributed by atoms with E-state index in [2.05, 4.69) is 33.1 Å². The quantitative estimate of drug-likeness (QED) is 0.478. The minimum absolute atomic E-state index is 0.166. The van der Waals surface area contributed by atoms with Crippen molar-refractivity contribution in [2.75, 3.05) is 0 Å². The first-order valence-electron chi connectivity index (χ1n) is 4.08. The van der Waals surface area contributed by atoms with E-state index in [-0.39, 0.29) is 10.6 Å². The second kappa shape index (κ2) is 4.03. The summed E-state index contributed by atoms with van der Waals surface area (Å²) in [6.45, 7) is 0. The number of nitro benzene ring substituents is 1. The third kappa shape index (κ3) is 2.58. The summed E-state index contributed by atoms with van der Waals surface area (Å²) in [6, 6.07) is 5.43. The Hall–Kier alpha value is -0.342. The summed E-state index contributed by atoms with van der Waals surface area (Å²) in [4.78, 5) is 10.3. The zero-order valence-electron chi connectivity index (χ0n) is 8.32. The van der Waals surface area contributed by atoms with E-state index in [9.17, 15) is 10.1 Å². The minimum atomic E-state index is -1.79. The number of hydrogen-bond donors (Lipinski definition) is 0. The first kappa shape index (κ1) is 11.7. The van der Waals surface area contributed by atoms with Crippen LogP contribution in [0.25, 0.3) is 0 Å². The van der Waals surface area contributed by atoms with Gasteiger partial charge in [-0.1, -0.05) is 0 Å². The Morgan fingerprint density at radius 2 is 1.93 bits per heavy atom. The Bertz CT molecular complexity index is 374. The van der Waals surface area contributed by atoms with Gasteiger partial charge in [0.05, 0.1) is 0 Å². The van der Waals surface area contributed by atoms with Crippen LogP contribution in [0.3, 0.4) is 0 Å². The van der Waals surface area contributed by atoms with Crippen molar-refractivity contribution in [3.8, 4) is 0 Å². The molecule has 0 aliphatic carbocycles. The molecule has 77 valence electrons. The summed E-state index contributed by atoms with van der Waals surface area (Å²) in [5.41, 5.74) is 6.76. The van der Waals surface area contributed by atoms with Gasteiger partial charge in [0.2, 0.25) is 0 Å². The van der Waals surface area contributed by atoms with E-state index in [0.717, 1.165) is 4.35 Å². The zero-order chi connectivity index (χ0) is 10.9. The van der Waals surface area contributed by atoms with Crippen LogP contribution in [-0.2, 0) is 0 Å². The molecule has 5 heteroatoms. The van der Waals surface area contributed by atoms with E-state index < -0.39 is 13.6 Å². The molecule has 1 radical (unpaired) electrons. The fourth-order valence-electron chi connectivity index (χ4n) is 1.06. The summed E-state index contributed by atoms with van der Waals surface area (Å²) in [7, 11) is 0. The van der Waals surface area contributed by atoms with Crippen molar-refractivity contribution < 1.29 is 4.92 Å². The first-order valence-corrected chi connectivity index (χ1v) is 11.4. The van der Waals surface area contributed by atoms with Gasteiger partial charge >= 0.3 is 94.4 Å². The normalized spacial score (nSPS) is 11.4. The topological polar surface area (TPSA) is 43.1 Å². The summed E-state index contributed by atoms with van der Waals surface area (Å²) >= 11 is 1.39. The SMILES string of the molecule is C[As](C)(C)c1ccc(Br)c([N+](=O)[O-])c1. The van der Waals surface area contributed by atoms with Crippen molar-refractivity contribution in [3.05, 3.63) is 32.8 Å². The van der Waals surface area contributed by atoms with E-state index in [1.165, 1.54) is 0 Å². The van der Waals surface area contributed by atoms with Crippen molar-refractivity contribution in [1.82, 2.24) is 0 Å². The van der Waals surface area contributed by atoms with Crippen LogP contribution in [0.2, 0.25) is 17.1 Å². The van der Waals surface area contributed by atoms with Crippen LogP contribution in [0, 0.1) is 10.1 Å². The van der Waals surface area contributed by atoms with Gasteiger partial charge in [-0.25, -0.2) is 0 Å². The van der Waals surface area contributed by atoms with Gasteiger partial charge in [-0.05, 0) is 0 Å². The monoisotopic (exact) mass is 320 g/mol. The van der Waals surface area contributed by atoms with Gasteiger partial charge in [0.15, 0.2) is 0 Å². The molecule has 0 fully saturated rings. The van der Waals surface area contributed by atoms with Crippen LogP contribution in [-0.4, -0.2) is 18.5 Å². The number of rotatable bonds is 2. The van der Waals surface area contributed by atoms with Crippen molar-refractivity contribution in [2.45, 2.75) is 17.1 Å². The average molecular weight is 321 g/mol. The number of benzene rings is 1. The van der Waals surface area contributed by atoms with Crippen molar-refractivity contribution in [2.24, 2.45) is 0 Å². The van der Waals surface area contributed by atoms with Gasteiger partial charge in [-0.15, -0.1) is 0 Å². The van der Waals surface area contributed by atoms with Gasteiger partial charge in [0, 0.05) is 0 Å². The number of hydrogen-bond acceptors (Lipinski definition) is 2. The van der Waals surface area contributed by atoms with Crippen LogP contribution in [0.4, 0.5) is 5.69 Å². The Morgan fingerprint density at radius 3 is 2.36 bits per heavy atom. The molecule has 1 rings (SSSR count). The molecule has 0 saturated carbocycles. The van der Waals surface area contributed by atoms with Crippen molar-refractivity contribution >= 4 is 39.5 Å². The molecule has 0 aliphatic heterocycles. The average Bonchev–Trinajstić information content (AvgIpc) is 2.02. The molecule has 0 amide bonds. The molecule has 0 saturated heterocycles. The fourth-order valence-corrected chi connectivity index (χ4v) is 3.61. The summed E-state index contributed by atoms with van der Waals surface area (Å²) < 4.78 is 1.69. The summed E-state index contributed by atoms with van der Waals surface area (Å²) in [5, 5.41) is 10.7. The molecule has 1 aromatic rings. The zero-order valence-corrected chi connectivity index (χ0v) is 11.8. The van der Waals surface area contributed by atoms with Crippen LogP contribution in [0.5, 0.6) is 0 Å². The van der Waals surface area contributed by atoms with Gasteiger partial charge in [-0.3, -0.25) is 0 Å². The summed E-state index contributed by atoms with van der Waals surface area (Å²) in [6.07, 6.45) is 0. The van der Waals surface area contributed by atoms with Gasteiger partial charge in [-0.2, -0.15) is 0 Å². The number of halogens is 1. The predicted molar refractivity (Wildman–Crippen MR) is 63.8 cm³/mol. The molecule has 0 unspecified atom stereocenters. The van der Waals surface area contributed by atoms with Crippen molar-refractivity contribution in [1.29, 1.82) is 0 Å². The molecule has 14 heavy (non-hydrogen) atoms. The Balaban J connectivity index is 3.27. The number of nitrogens with zero attached hydrogens (tertiary/aromatic N) is 1. The van der Waals surface area contributed by atoms with Gasteiger partial charge in [0.1, 0.15) is 0 Å². The second-order valence-corrected chi connectivity index (χ2v) is 14.3. The molecule has 0 aliphatic rings. The van der Waals surface area contributed by atoms with Crippen LogP contribution in [0.15, 0.2) is 22.7 Å². The molecule has 3 nitrogen and oxygen atoms in total. The molecule has 0 heterocycles. The molecular weight excluding hydrogens is 309 g/mol. The molecule has 0 spiro atoms. The number of nitro groups is 1. The standard InChI is InChI=1S/C9H12AsBrNO2/c1-10(2,3)7-4-5-8(11)9(6-7)12(13)14/h4-6H,1-3H3. The van der Waals surface area contributed by atoms with Crippen LogP contribution >= 0.6 is 15.9 Å². The molecule has 0 bridgehead atoms. The molecule has 0 atom stereocenters. The van der Waals surface area contributed by atoms with E-state index >= 15 is 0 Å². The third-order valence-electron chi connectivity index (χ3n) is 1.90. The van der Waals surface area contributed by atoms with Gasteiger partial charge in [0.25, 0.3) is 0 Å². The van der Waals surface area contributed by atoms with Crippen LogP contribution < -0.4 is 4.35 Å². The summed E-state index contributed by atoms with van der Waals surface area (Å²) in [5.74, 6) is 0. The van der Waals surface area contributed by atoms with Crippen molar-refractivity contribution in [3.63, 3.8) is 0 Å². The molecule has 0 N–H and O–H groups in total. The Labute approximate surface area is 94.2 Å². The maximum absolute atomic E-state index is 10.7. The molecule has 0 aromatic heterocycles. The van der Waals surface area contributed by atoms with E-state index in [1.54, 1.807) is 12.1 Å².